The summed E-state index contributed by atoms with van der Waals surface area (Å²) in [5, 5.41) is 3.85. The summed E-state index contributed by atoms with van der Waals surface area (Å²) in [6.45, 7) is 4.32. The molecule has 0 bridgehead atoms. The van der Waals surface area contributed by atoms with Gasteiger partial charge in [-0.1, -0.05) is 19.1 Å². The van der Waals surface area contributed by atoms with Crippen molar-refractivity contribution in [3.05, 3.63) is 29.8 Å². The van der Waals surface area contributed by atoms with E-state index in [0.717, 1.165) is 12.1 Å². The summed E-state index contributed by atoms with van der Waals surface area (Å²) in [4.78, 5) is 2.00. The third-order valence-corrected chi connectivity index (χ3v) is 5.27. The van der Waals surface area contributed by atoms with E-state index in [1.165, 1.54) is 16.1 Å². The maximum absolute atomic E-state index is 11.5. The van der Waals surface area contributed by atoms with Gasteiger partial charge in [-0.05, 0) is 36.3 Å². The van der Waals surface area contributed by atoms with Crippen molar-refractivity contribution in [1.82, 2.24) is 9.21 Å². The molecule has 0 spiro atoms. The van der Waals surface area contributed by atoms with Gasteiger partial charge in [0.05, 0.1) is 6.26 Å². The van der Waals surface area contributed by atoms with Crippen LogP contribution in [0.2, 0.25) is 0 Å². The summed E-state index contributed by atoms with van der Waals surface area (Å²) in [6.07, 6.45) is 2.26. The highest BCUT2D eigenvalue weighted by atomic mass is 32.2. The Bertz CT molecular complexity index is 591. The van der Waals surface area contributed by atoms with Gasteiger partial charge in [-0.3, -0.25) is 0 Å². The zero-order chi connectivity index (χ0) is 15.5. The summed E-state index contributed by atoms with van der Waals surface area (Å²) in [5.74, 6) is 0. The Labute approximate surface area is 132 Å². The zero-order valence-electron chi connectivity index (χ0n) is 12.4. The van der Waals surface area contributed by atoms with Crippen LogP contribution in [0, 0.1) is 0 Å². The molecule has 1 N–H and O–H groups in total. The zero-order valence-corrected chi connectivity index (χ0v) is 14.0. The minimum Gasteiger partial charge on any atom is -0.346 e. The molecule has 1 aliphatic heterocycles. The van der Waals surface area contributed by atoms with Crippen LogP contribution in [-0.4, -0.2) is 55.2 Å². The van der Waals surface area contributed by atoms with E-state index < -0.39 is 10.0 Å². The van der Waals surface area contributed by atoms with Gasteiger partial charge in [0.25, 0.3) is 0 Å². The first-order valence-electron chi connectivity index (χ1n) is 7.00. The van der Waals surface area contributed by atoms with E-state index in [0.29, 0.717) is 31.3 Å². The van der Waals surface area contributed by atoms with Crippen LogP contribution in [0.4, 0.5) is 5.69 Å². The molecule has 1 saturated heterocycles. The van der Waals surface area contributed by atoms with E-state index in [9.17, 15) is 8.42 Å². The van der Waals surface area contributed by atoms with Crippen LogP contribution in [0.15, 0.2) is 24.3 Å². The van der Waals surface area contributed by atoms with E-state index in [1.54, 1.807) is 0 Å². The lowest BCUT2D eigenvalue weighted by atomic mass is 10.1. The van der Waals surface area contributed by atoms with Gasteiger partial charge in [0.2, 0.25) is 10.0 Å². The third-order valence-electron chi connectivity index (χ3n) is 3.61. The fraction of sp³-hybridized carbons (Fsp3) is 0.500. The lowest BCUT2D eigenvalue weighted by Gasteiger charge is -2.34. The lowest BCUT2D eigenvalue weighted by Crippen LogP contribution is -2.51. The number of sulfonamides is 1. The van der Waals surface area contributed by atoms with Crippen LogP contribution >= 0.6 is 12.2 Å². The van der Waals surface area contributed by atoms with Gasteiger partial charge >= 0.3 is 0 Å². The van der Waals surface area contributed by atoms with E-state index >= 15 is 0 Å². The second-order valence-electron chi connectivity index (χ2n) is 5.13. The maximum atomic E-state index is 11.5. The van der Waals surface area contributed by atoms with Crippen molar-refractivity contribution in [1.29, 1.82) is 0 Å². The average Bonchev–Trinajstić information content (AvgIpc) is 2.47. The number of hydrogen-bond acceptors (Lipinski definition) is 3. The molecule has 0 saturated carbocycles. The molecular weight excluding hydrogens is 306 g/mol. The molecule has 0 aromatic heterocycles. The van der Waals surface area contributed by atoms with Crippen LogP contribution < -0.4 is 5.32 Å². The van der Waals surface area contributed by atoms with Gasteiger partial charge in [-0.25, -0.2) is 8.42 Å². The molecule has 7 heteroatoms. The predicted molar refractivity (Wildman–Crippen MR) is 90.0 cm³/mol. The molecule has 2 rings (SSSR count). The molecule has 0 unspecified atom stereocenters. The second kappa shape index (κ2) is 6.72. The molecule has 0 atom stereocenters. The Hall–Kier alpha value is -1.18. The molecule has 5 nitrogen and oxygen atoms in total. The van der Waals surface area contributed by atoms with Crippen molar-refractivity contribution in [2.45, 2.75) is 13.3 Å². The first kappa shape index (κ1) is 16.2. The molecule has 0 amide bonds. The minimum absolute atomic E-state index is 0.482. The number of aryl methyl sites for hydroxylation is 1. The Morgan fingerprint density at radius 1 is 1.19 bits per heavy atom. The van der Waals surface area contributed by atoms with Crippen LogP contribution in [0.25, 0.3) is 0 Å². The van der Waals surface area contributed by atoms with Gasteiger partial charge < -0.3 is 10.2 Å². The number of anilines is 1. The van der Waals surface area contributed by atoms with E-state index in [1.807, 2.05) is 17.0 Å². The first-order chi connectivity index (χ1) is 9.90. The van der Waals surface area contributed by atoms with Crippen LogP contribution in [-0.2, 0) is 16.4 Å². The largest absolute Gasteiger partial charge is 0.346 e. The molecule has 21 heavy (non-hydrogen) atoms. The van der Waals surface area contributed by atoms with Gasteiger partial charge in [-0.2, -0.15) is 4.31 Å². The summed E-state index contributed by atoms with van der Waals surface area (Å²) in [5.41, 5.74) is 2.25. The molecule has 1 fully saturated rings. The normalized spacial score (nSPS) is 16.8. The molecule has 1 heterocycles. The molecule has 0 radical (unpaired) electrons. The fourth-order valence-electron chi connectivity index (χ4n) is 2.25. The highest BCUT2D eigenvalue weighted by Gasteiger charge is 2.24. The number of benzene rings is 1. The van der Waals surface area contributed by atoms with E-state index in [2.05, 4.69) is 24.4 Å². The highest BCUT2D eigenvalue weighted by molar-refractivity contribution is 7.88. The van der Waals surface area contributed by atoms with Crippen molar-refractivity contribution in [2.75, 3.05) is 37.8 Å². The number of hydrogen-bond donors (Lipinski definition) is 1. The van der Waals surface area contributed by atoms with E-state index in [4.69, 9.17) is 12.2 Å². The second-order valence-corrected chi connectivity index (χ2v) is 7.50. The molecule has 116 valence electrons. The molecular formula is C14H21N3O2S2. The molecule has 1 aromatic rings. The van der Waals surface area contributed by atoms with E-state index in [-0.39, 0.29) is 0 Å². The Kier molecular flexibility index (Phi) is 5.18. The Morgan fingerprint density at radius 2 is 1.76 bits per heavy atom. The number of nitrogens with one attached hydrogen (secondary N) is 1. The SMILES string of the molecule is CCc1ccc(NC(=S)N2CCN(S(C)(=O)=O)CC2)cc1. The molecule has 1 aliphatic rings. The van der Waals surface area contributed by atoms with Gasteiger partial charge in [0.1, 0.15) is 0 Å². The summed E-state index contributed by atoms with van der Waals surface area (Å²) in [6, 6.07) is 8.18. The molecule has 0 aliphatic carbocycles. The quantitative estimate of drug-likeness (QED) is 0.853. The smallest absolute Gasteiger partial charge is 0.211 e. The third kappa shape index (κ3) is 4.39. The minimum atomic E-state index is -3.10. The number of piperazine rings is 1. The Morgan fingerprint density at radius 3 is 2.24 bits per heavy atom. The van der Waals surface area contributed by atoms with Crippen LogP contribution in [0.1, 0.15) is 12.5 Å². The average molecular weight is 327 g/mol. The fourth-order valence-corrected chi connectivity index (χ4v) is 3.38. The van der Waals surface area contributed by atoms with Crippen molar-refractivity contribution >= 4 is 33.0 Å². The number of thiocarbonyl (C=S) groups is 1. The summed E-state index contributed by atoms with van der Waals surface area (Å²) in [7, 11) is -3.10. The standard InChI is InChI=1S/C14H21N3O2S2/c1-3-12-4-6-13(7-5-12)15-14(20)16-8-10-17(11-9-16)21(2,18)19/h4-7H,3,8-11H2,1-2H3,(H,15,20). The highest BCUT2D eigenvalue weighted by Crippen LogP contribution is 2.12. The van der Waals surface area contributed by atoms with Crippen molar-refractivity contribution in [3.63, 3.8) is 0 Å². The van der Waals surface area contributed by atoms with Crippen molar-refractivity contribution in [3.8, 4) is 0 Å². The topological polar surface area (TPSA) is 52.6 Å². The van der Waals surface area contributed by atoms with Crippen molar-refractivity contribution < 1.29 is 8.42 Å². The summed E-state index contributed by atoms with van der Waals surface area (Å²) >= 11 is 5.40. The maximum Gasteiger partial charge on any atom is 0.211 e. The van der Waals surface area contributed by atoms with Gasteiger partial charge in [-0.15, -0.1) is 0 Å². The van der Waals surface area contributed by atoms with Crippen LogP contribution in [0.3, 0.4) is 0 Å². The molecule has 1 aromatic carbocycles. The number of nitrogens with zero attached hydrogens (tertiary/aromatic N) is 2. The van der Waals surface area contributed by atoms with Crippen LogP contribution in [0.5, 0.6) is 0 Å². The van der Waals surface area contributed by atoms with Gasteiger partial charge in [0, 0.05) is 31.9 Å². The summed E-state index contributed by atoms with van der Waals surface area (Å²) < 4.78 is 24.4. The first-order valence-corrected chi connectivity index (χ1v) is 9.26. The van der Waals surface area contributed by atoms with Crippen molar-refractivity contribution in [2.24, 2.45) is 0 Å². The Balaban J connectivity index is 1.90. The predicted octanol–water partition coefficient (Wildman–Crippen LogP) is 1.52. The lowest BCUT2D eigenvalue weighted by molar-refractivity contribution is 0.270. The van der Waals surface area contributed by atoms with Gasteiger partial charge in [0.15, 0.2) is 5.11 Å². The number of rotatable bonds is 3. The monoisotopic (exact) mass is 327 g/mol.